The van der Waals surface area contributed by atoms with Crippen LogP contribution in [0.1, 0.15) is 18.2 Å². The minimum Gasteiger partial charge on any atom is -0.496 e. The quantitative estimate of drug-likeness (QED) is 0.334. The molecule has 1 N–H and O–H groups in total. The van der Waals surface area contributed by atoms with Crippen molar-refractivity contribution in [3.63, 3.8) is 0 Å². The first-order chi connectivity index (χ1) is 14.1. The second kappa shape index (κ2) is 9.79. The minimum absolute atomic E-state index is 0.132. The van der Waals surface area contributed by atoms with Crippen molar-refractivity contribution < 1.29 is 18.7 Å². The molecule has 0 amide bonds. The van der Waals surface area contributed by atoms with Gasteiger partial charge < -0.3 is 9.47 Å². The molecule has 0 bridgehead atoms. The number of rotatable bonds is 8. The fourth-order valence-electron chi connectivity index (χ4n) is 2.65. The van der Waals surface area contributed by atoms with Gasteiger partial charge in [-0.2, -0.15) is 5.10 Å². The van der Waals surface area contributed by atoms with Crippen LogP contribution in [0.4, 0.5) is 9.52 Å². The number of halogens is 1. The van der Waals surface area contributed by atoms with E-state index in [2.05, 4.69) is 15.5 Å². The first kappa shape index (κ1) is 20.5. The van der Waals surface area contributed by atoms with Gasteiger partial charge in [-0.1, -0.05) is 18.2 Å². The normalized spacial score (nSPS) is 10.9. The van der Waals surface area contributed by atoms with Crippen LogP contribution in [0.5, 0.6) is 5.75 Å². The number of methoxy groups -OCH3 is 1. The van der Waals surface area contributed by atoms with Crippen molar-refractivity contribution >= 4 is 28.7 Å². The number of carbonyl (C=O) groups excluding carboxylic acids is 1. The molecule has 0 aliphatic heterocycles. The van der Waals surface area contributed by atoms with Crippen molar-refractivity contribution in [3.05, 3.63) is 64.9 Å². The molecule has 3 aromatic rings. The summed E-state index contributed by atoms with van der Waals surface area (Å²) in [5, 5.41) is 6.54. The van der Waals surface area contributed by atoms with Crippen LogP contribution in [-0.4, -0.2) is 30.9 Å². The lowest BCUT2D eigenvalue weighted by atomic mass is 10.0. The summed E-state index contributed by atoms with van der Waals surface area (Å²) in [4.78, 5) is 15.8. The third-order valence-electron chi connectivity index (χ3n) is 3.92. The summed E-state index contributed by atoms with van der Waals surface area (Å²) in [5.41, 5.74) is 5.79. The average Bonchev–Trinajstić information content (AvgIpc) is 3.15. The van der Waals surface area contributed by atoms with E-state index in [1.807, 2.05) is 24.3 Å². The molecule has 0 unspecified atom stereocenters. The highest BCUT2D eigenvalue weighted by Gasteiger charge is 2.09. The molecule has 0 atom stereocenters. The largest absolute Gasteiger partial charge is 0.496 e. The number of carbonyl (C=O) groups is 1. The van der Waals surface area contributed by atoms with Gasteiger partial charge in [-0.15, -0.1) is 11.3 Å². The highest BCUT2D eigenvalue weighted by Crippen LogP contribution is 2.30. The highest BCUT2D eigenvalue weighted by molar-refractivity contribution is 7.13. The fourth-order valence-corrected chi connectivity index (χ4v) is 3.31. The molecule has 0 spiro atoms. The zero-order valence-corrected chi connectivity index (χ0v) is 16.8. The number of hydrogen-bond acceptors (Lipinski definition) is 7. The molecule has 150 valence electrons. The second-order valence-corrected chi connectivity index (χ2v) is 6.82. The van der Waals surface area contributed by atoms with Gasteiger partial charge in [0.1, 0.15) is 11.6 Å². The standard InChI is InChI=1S/C21H20FN3O3S/c1-3-28-20(26)11-17-13-29-21(24-17)25-23-12-14-5-4-6-15(9-14)18-10-16(22)7-8-19(18)27-2/h4-10,12-13H,3,11H2,1-2H3,(H,24,25). The number of aromatic nitrogens is 1. The minimum atomic E-state index is -0.330. The fraction of sp³-hybridized carbons (Fsp3) is 0.190. The van der Waals surface area contributed by atoms with Crippen molar-refractivity contribution in [1.29, 1.82) is 0 Å². The molecule has 0 fully saturated rings. The summed E-state index contributed by atoms with van der Waals surface area (Å²) in [7, 11) is 1.55. The maximum absolute atomic E-state index is 13.7. The number of benzene rings is 2. The van der Waals surface area contributed by atoms with Crippen LogP contribution < -0.4 is 10.2 Å². The average molecular weight is 413 g/mol. The van der Waals surface area contributed by atoms with Crippen molar-refractivity contribution in [2.24, 2.45) is 5.10 Å². The van der Waals surface area contributed by atoms with Gasteiger partial charge in [-0.25, -0.2) is 9.37 Å². The lowest BCUT2D eigenvalue weighted by molar-refractivity contribution is -0.142. The molecule has 0 aliphatic carbocycles. The van der Waals surface area contributed by atoms with Crippen molar-refractivity contribution in [1.82, 2.24) is 4.98 Å². The molecule has 0 saturated heterocycles. The summed E-state index contributed by atoms with van der Waals surface area (Å²) in [6.07, 6.45) is 1.77. The Kier molecular flexibility index (Phi) is 6.91. The molecule has 0 aliphatic rings. The van der Waals surface area contributed by atoms with E-state index in [1.165, 1.54) is 23.5 Å². The van der Waals surface area contributed by atoms with E-state index in [0.29, 0.717) is 28.7 Å². The van der Waals surface area contributed by atoms with E-state index in [-0.39, 0.29) is 18.2 Å². The van der Waals surface area contributed by atoms with E-state index >= 15 is 0 Å². The maximum Gasteiger partial charge on any atom is 0.311 e. The number of thiazole rings is 1. The Morgan fingerprint density at radius 3 is 2.97 bits per heavy atom. The number of hydrogen-bond donors (Lipinski definition) is 1. The van der Waals surface area contributed by atoms with Crippen LogP contribution in [0.15, 0.2) is 52.9 Å². The Hall–Kier alpha value is -3.26. The third kappa shape index (κ3) is 5.61. The molecule has 8 heteroatoms. The predicted molar refractivity (Wildman–Crippen MR) is 112 cm³/mol. The summed E-state index contributed by atoms with van der Waals surface area (Å²) in [5.74, 6) is -0.0445. The van der Waals surface area contributed by atoms with Crippen molar-refractivity contribution in [2.75, 3.05) is 19.1 Å². The summed E-state index contributed by atoms with van der Waals surface area (Å²) >= 11 is 1.35. The summed E-state index contributed by atoms with van der Waals surface area (Å²) < 4.78 is 23.9. The molecule has 6 nitrogen and oxygen atoms in total. The van der Waals surface area contributed by atoms with Gasteiger partial charge in [0, 0.05) is 10.9 Å². The van der Waals surface area contributed by atoms with Crippen LogP contribution >= 0.6 is 11.3 Å². The Morgan fingerprint density at radius 1 is 1.31 bits per heavy atom. The van der Waals surface area contributed by atoms with Gasteiger partial charge in [0.25, 0.3) is 0 Å². The van der Waals surface area contributed by atoms with E-state index in [0.717, 1.165) is 11.1 Å². The summed E-state index contributed by atoms with van der Waals surface area (Å²) in [6.45, 7) is 2.11. The van der Waals surface area contributed by atoms with Gasteiger partial charge in [0.2, 0.25) is 5.13 Å². The number of nitrogens with zero attached hydrogens (tertiary/aromatic N) is 2. The van der Waals surface area contributed by atoms with Gasteiger partial charge in [-0.05, 0) is 42.3 Å². The van der Waals surface area contributed by atoms with Gasteiger partial charge in [0.05, 0.1) is 32.0 Å². The first-order valence-electron chi connectivity index (χ1n) is 8.92. The molecule has 3 rings (SSSR count). The van der Waals surface area contributed by atoms with Gasteiger partial charge >= 0.3 is 5.97 Å². The molecular weight excluding hydrogens is 393 g/mol. The first-order valence-corrected chi connectivity index (χ1v) is 9.80. The molecule has 0 saturated carbocycles. The monoisotopic (exact) mass is 413 g/mol. The lowest BCUT2D eigenvalue weighted by Crippen LogP contribution is -2.07. The Morgan fingerprint density at radius 2 is 2.17 bits per heavy atom. The molecule has 0 radical (unpaired) electrons. The Bertz CT molecular complexity index is 1020. The van der Waals surface area contributed by atoms with Crippen LogP contribution in [-0.2, 0) is 16.0 Å². The van der Waals surface area contributed by atoms with Crippen molar-refractivity contribution in [3.8, 4) is 16.9 Å². The van der Waals surface area contributed by atoms with Gasteiger partial charge in [0.15, 0.2) is 0 Å². The zero-order chi connectivity index (χ0) is 20.6. The maximum atomic E-state index is 13.7. The Balaban J connectivity index is 1.68. The van der Waals surface area contributed by atoms with E-state index in [9.17, 15) is 9.18 Å². The number of nitrogens with one attached hydrogen (secondary N) is 1. The third-order valence-corrected chi connectivity index (χ3v) is 4.71. The molecular formula is C21H20FN3O3S. The number of hydrazone groups is 1. The van der Waals surface area contributed by atoms with E-state index in [1.54, 1.807) is 31.7 Å². The molecule has 1 aromatic heterocycles. The number of ether oxygens (including phenoxy) is 2. The molecule has 1 heterocycles. The number of anilines is 1. The second-order valence-electron chi connectivity index (χ2n) is 5.97. The van der Waals surface area contributed by atoms with Crippen LogP contribution in [0.3, 0.4) is 0 Å². The topological polar surface area (TPSA) is 72.8 Å². The van der Waals surface area contributed by atoms with E-state index < -0.39 is 0 Å². The predicted octanol–water partition coefficient (Wildman–Crippen LogP) is 4.51. The SMILES string of the molecule is CCOC(=O)Cc1csc(NN=Cc2cccc(-c3cc(F)ccc3OC)c2)n1. The molecule has 29 heavy (non-hydrogen) atoms. The van der Waals surface area contributed by atoms with Crippen LogP contribution in [0.2, 0.25) is 0 Å². The summed E-state index contributed by atoms with van der Waals surface area (Å²) in [6, 6.07) is 11.9. The Labute approximate surface area is 172 Å². The molecule has 2 aromatic carbocycles. The van der Waals surface area contributed by atoms with Crippen LogP contribution in [0.25, 0.3) is 11.1 Å². The smallest absolute Gasteiger partial charge is 0.311 e. The van der Waals surface area contributed by atoms with Crippen LogP contribution in [0, 0.1) is 5.82 Å². The zero-order valence-electron chi connectivity index (χ0n) is 16.0. The van der Waals surface area contributed by atoms with Gasteiger partial charge in [-0.3, -0.25) is 10.2 Å². The lowest BCUT2D eigenvalue weighted by Gasteiger charge is -2.09. The number of esters is 1. The van der Waals surface area contributed by atoms with E-state index in [4.69, 9.17) is 9.47 Å². The van der Waals surface area contributed by atoms with Crippen molar-refractivity contribution in [2.45, 2.75) is 13.3 Å². The highest BCUT2D eigenvalue weighted by atomic mass is 32.1.